The zero-order valence-corrected chi connectivity index (χ0v) is 15.7. The number of carbonyl (C=O) groups is 2. The summed E-state index contributed by atoms with van der Waals surface area (Å²) in [4.78, 5) is 28.1. The quantitative estimate of drug-likeness (QED) is 0.342. The summed E-state index contributed by atoms with van der Waals surface area (Å²) >= 11 is 3.34. The number of rotatable bonds is 5. The number of nitrogens with one attached hydrogen (secondary N) is 1. The number of ether oxygens (including phenoxy) is 1. The van der Waals surface area contributed by atoms with Crippen LogP contribution in [0.1, 0.15) is 33.3 Å². The standard InChI is InChI=1S/C16H22BrN3O4/c1-10(19-15(22)23-16(2,3)4)14(21)24-20-13(18)9-11-5-7-12(17)8-6-11/h5-8,10H,9H2,1-4H3,(H2,18,20)(H,19,22)/t10-/m0/s1. The Morgan fingerprint density at radius 3 is 2.42 bits per heavy atom. The van der Waals surface area contributed by atoms with Gasteiger partial charge in [-0.05, 0) is 45.4 Å². The molecule has 0 saturated carbocycles. The number of hydrogen-bond donors (Lipinski definition) is 2. The van der Waals surface area contributed by atoms with Crippen molar-refractivity contribution in [2.24, 2.45) is 10.9 Å². The highest BCUT2D eigenvalue weighted by Crippen LogP contribution is 2.11. The fraction of sp³-hybridized carbons (Fsp3) is 0.438. The third-order valence-electron chi connectivity index (χ3n) is 2.64. The highest BCUT2D eigenvalue weighted by Gasteiger charge is 2.22. The summed E-state index contributed by atoms with van der Waals surface area (Å²) in [5.41, 5.74) is 6.00. The minimum atomic E-state index is -0.913. The molecule has 0 aromatic heterocycles. The van der Waals surface area contributed by atoms with Gasteiger partial charge in [0, 0.05) is 10.9 Å². The van der Waals surface area contributed by atoms with Crippen molar-refractivity contribution in [2.45, 2.75) is 45.8 Å². The molecule has 0 unspecified atom stereocenters. The summed E-state index contributed by atoms with van der Waals surface area (Å²) < 4.78 is 6.00. The van der Waals surface area contributed by atoms with Gasteiger partial charge < -0.3 is 20.6 Å². The van der Waals surface area contributed by atoms with Crippen LogP contribution < -0.4 is 11.1 Å². The Morgan fingerprint density at radius 2 is 1.88 bits per heavy atom. The van der Waals surface area contributed by atoms with Crippen molar-refractivity contribution in [2.75, 3.05) is 0 Å². The van der Waals surface area contributed by atoms with Crippen molar-refractivity contribution in [1.82, 2.24) is 5.32 Å². The Labute approximate surface area is 149 Å². The number of hydrogen-bond acceptors (Lipinski definition) is 5. The number of benzene rings is 1. The number of nitrogens with two attached hydrogens (primary N) is 1. The van der Waals surface area contributed by atoms with Crippen LogP contribution in [0.2, 0.25) is 0 Å². The first-order valence-corrected chi connectivity index (χ1v) is 8.13. The Kier molecular flexibility index (Phi) is 7.21. The average molecular weight is 400 g/mol. The molecule has 0 aliphatic rings. The van der Waals surface area contributed by atoms with Gasteiger partial charge in [-0.3, -0.25) is 0 Å². The van der Waals surface area contributed by atoms with Gasteiger partial charge in [0.2, 0.25) is 0 Å². The maximum Gasteiger partial charge on any atom is 0.408 e. The van der Waals surface area contributed by atoms with E-state index in [1.54, 1.807) is 20.8 Å². The van der Waals surface area contributed by atoms with E-state index < -0.39 is 23.7 Å². The lowest BCUT2D eigenvalue weighted by Crippen LogP contribution is -2.42. The minimum Gasteiger partial charge on any atom is -0.444 e. The first kappa shape index (κ1) is 20.0. The molecule has 0 fully saturated rings. The smallest absolute Gasteiger partial charge is 0.408 e. The van der Waals surface area contributed by atoms with E-state index >= 15 is 0 Å². The number of halogens is 1. The van der Waals surface area contributed by atoms with Crippen molar-refractivity contribution in [3.63, 3.8) is 0 Å². The first-order valence-electron chi connectivity index (χ1n) is 7.34. The molecule has 132 valence electrons. The molecule has 8 heteroatoms. The number of amides is 1. The van der Waals surface area contributed by atoms with Gasteiger partial charge in [0.1, 0.15) is 17.5 Å². The van der Waals surface area contributed by atoms with Gasteiger partial charge in [0.25, 0.3) is 0 Å². The van der Waals surface area contributed by atoms with Crippen LogP contribution >= 0.6 is 15.9 Å². The maximum atomic E-state index is 11.8. The highest BCUT2D eigenvalue weighted by molar-refractivity contribution is 9.10. The lowest BCUT2D eigenvalue weighted by atomic mass is 10.1. The molecular formula is C16H22BrN3O4. The first-order chi connectivity index (χ1) is 11.1. The molecule has 0 radical (unpaired) electrons. The van der Waals surface area contributed by atoms with Crippen LogP contribution in [0, 0.1) is 0 Å². The second-order valence-corrected chi connectivity index (χ2v) is 7.08. The molecule has 7 nitrogen and oxygen atoms in total. The largest absolute Gasteiger partial charge is 0.444 e. The van der Waals surface area contributed by atoms with Crippen LogP contribution in [0.4, 0.5) is 4.79 Å². The van der Waals surface area contributed by atoms with Crippen molar-refractivity contribution in [3.8, 4) is 0 Å². The molecule has 1 aromatic carbocycles. The molecule has 0 aliphatic carbocycles. The van der Waals surface area contributed by atoms with Crippen molar-refractivity contribution < 1.29 is 19.2 Å². The van der Waals surface area contributed by atoms with Gasteiger partial charge in [-0.1, -0.05) is 33.2 Å². The van der Waals surface area contributed by atoms with Crippen LogP contribution in [0.5, 0.6) is 0 Å². The Bertz CT molecular complexity index is 609. The van der Waals surface area contributed by atoms with Gasteiger partial charge >= 0.3 is 12.1 Å². The monoisotopic (exact) mass is 399 g/mol. The molecule has 1 amide bonds. The molecule has 1 aromatic rings. The second-order valence-electron chi connectivity index (χ2n) is 6.16. The predicted molar refractivity (Wildman–Crippen MR) is 94.4 cm³/mol. The van der Waals surface area contributed by atoms with E-state index in [1.807, 2.05) is 24.3 Å². The van der Waals surface area contributed by atoms with E-state index in [0.29, 0.717) is 6.42 Å². The molecular weight excluding hydrogens is 378 g/mol. The summed E-state index contributed by atoms with van der Waals surface area (Å²) in [6, 6.07) is 6.59. The average Bonchev–Trinajstić information content (AvgIpc) is 2.45. The Balaban J connectivity index is 2.48. The minimum absolute atomic E-state index is 0.148. The summed E-state index contributed by atoms with van der Waals surface area (Å²) in [6.07, 6.45) is -0.368. The number of alkyl carbamates (subject to hydrolysis) is 1. The number of carbonyl (C=O) groups excluding carboxylic acids is 2. The summed E-state index contributed by atoms with van der Waals surface area (Å²) in [5, 5.41) is 5.95. The molecule has 24 heavy (non-hydrogen) atoms. The molecule has 0 aliphatic heterocycles. The topological polar surface area (TPSA) is 103 Å². The van der Waals surface area contributed by atoms with E-state index in [1.165, 1.54) is 6.92 Å². The third kappa shape index (κ3) is 7.96. The van der Waals surface area contributed by atoms with Crippen molar-refractivity contribution in [3.05, 3.63) is 34.3 Å². The second kappa shape index (κ2) is 8.68. The lowest BCUT2D eigenvalue weighted by molar-refractivity contribution is -0.145. The van der Waals surface area contributed by atoms with Gasteiger partial charge in [0.05, 0.1) is 0 Å². The van der Waals surface area contributed by atoms with Gasteiger partial charge in [-0.15, -0.1) is 0 Å². The number of amidine groups is 1. The lowest BCUT2D eigenvalue weighted by Gasteiger charge is -2.20. The summed E-state index contributed by atoms with van der Waals surface area (Å²) in [7, 11) is 0. The molecule has 3 N–H and O–H groups in total. The zero-order valence-electron chi connectivity index (χ0n) is 14.1. The Morgan fingerprint density at radius 1 is 1.29 bits per heavy atom. The van der Waals surface area contributed by atoms with Gasteiger partial charge in [-0.25, -0.2) is 9.59 Å². The SMILES string of the molecule is C[C@H](NC(=O)OC(C)(C)C)C(=O)O/N=C(\N)Cc1ccc(Br)cc1. The van der Waals surface area contributed by atoms with Crippen molar-refractivity contribution in [1.29, 1.82) is 0 Å². The molecule has 1 atom stereocenters. The van der Waals surface area contributed by atoms with E-state index in [4.69, 9.17) is 15.3 Å². The molecule has 0 saturated heterocycles. The fourth-order valence-corrected chi connectivity index (χ4v) is 1.83. The van der Waals surface area contributed by atoms with Gasteiger partial charge in [-0.2, -0.15) is 0 Å². The van der Waals surface area contributed by atoms with Crippen LogP contribution in [0.3, 0.4) is 0 Å². The van der Waals surface area contributed by atoms with Crippen LogP contribution in [-0.4, -0.2) is 29.5 Å². The third-order valence-corrected chi connectivity index (χ3v) is 3.17. The molecule has 1 rings (SSSR count). The van der Waals surface area contributed by atoms with Crippen LogP contribution in [-0.2, 0) is 20.8 Å². The number of oxime groups is 1. The predicted octanol–water partition coefficient (Wildman–Crippen LogP) is 2.72. The van der Waals surface area contributed by atoms with Crippen LogP contribution in [0.25, 0.3) is 0 Å². The molecule has 0 heterocycles. The van der Waals surface area contributed by atoms with E-state index in [9.17, 15) is 9.59 Å². The highest BCUT2D eigenvalue weighted by atomic mass is 79.9. The maximum absolute atomic E-state index is 11.8. The summed E-state index contributed by atoms with van der Waals surface area (Å²) in [6.45, 7) is 6.64. The van der Waals surface area contributed by atoms with Gasteiger partial charge in [0.15, 0.2) is 0 Å². The van der Waals surface area contributed by atoms with Crippen molar-refractivity contribution >= 4 is 33.8 Å². The molecule has 0 bridgehead atoms. The normalized spacial score (nSPS) is 13.1. The van der Waals surface area contributed by atoms with E-state index in [2.05, 4.69) is 26.4 Å². The van der Waals surface area contributed by atoms with Crippen LogP contribution in [0.15, 0.2) is 33.9 Å². The van der Waals surface area contributed by atoms with E-state index in [0.717, 1.165) is 10.0 Å². The number of nitrogens with zero attached hydrogens (tertiary/aromatic N) is 1. The summed E-state index contributed by atoms with van der Waals surface area (Å²) in [5.74, 6) is -0.588. The van der Waals surface area contributed by atoms with E-state index in [-0.39, 0.29) is 5.84 Å². The molecule has 0 spiro atoms. The zero-order chi connectivity index (χ0) is 18.3. The Hall–Kier alpha value is -2.09. The fourth-order valence-electron chi connectivity index (χ4n) is 1.57.